The predicted molar refractivity (Wildman–Crippen MR) is 111 cm³/mol. The van der Waals surface area contributed by atoms with Crippen molar-refractivity contribution in [3.63, 3.8) is 0 Å². The summed E-state index contributed by atoms with van der Waals surface area (Å²) in [6.07, 6.45) is 5.07. The Labute approximate surface area is 172 Å². The van der Waals surface area contributed by atoms with Gasteiger partial charge in [-0.05, 0) is 31.2 Å². The van der Waals surface area contributed by atoms with E-state index in [0.29, 0.717) is 25.7 Å². The van der Waals surface area contributed by atoms with Gasteiger partial charge in [-0.2, -0.15) is 0 Å². The van der Waals surface area contributed by atoms with E-state index in [0.717, 1.165) is 16.9 Å². The highest BCUT2D eigenvalue weighted by atomic mass is 16.5. The molecule has 1 aromatic rings. The van der Waals surface area contributed by atoms with Crippen LogP contribution in [0.4, 0.5) is 0 Å². The maximum atomic E-state index is 10.8. The van der Waals surface area contributed by atoms with Crippen molar-refractivity contribution >= 4 is 5.97 Å². The predicted octanol–water partition coefficient (Wildman–Crippen LogP) is 3.29. The monoisotopic (exact) mass is 398 g/mol. The minimum absolute atomic E-state index is 0.0287. The maximum absolute atomic E-state index is 10.8. The summed E-state index contributed by atoms with van der Waals surface area (Å²) in [4.78, 5) is 10.8. The van der Waals surface area contributed by atoms with Crippen LogP contribution in [0.5, 0.6) is 5.75 Å². The molecular weight excluding hydrogens is 368 g/mol. The topological polar surface area (TPSA) is 87.0 Å². The molecule has 1 saturated carbocycles. The molecule has 0 spiro atoms. The molecular formula is C24H30O5. The molecule has 1 aromatic carbocycles. The average Bonchev–Trinajstić information content (AvgIpc) is 3.19. The number of rotatable bonds is 8. The summed E-state index contributed by atoms with van der Waals surface area (Å²) in [6, 6.07) is 6.01. The molecule has 0 aromatic heterocycles. The molecule has 1 heterocycles. The first-order chi connectivity index (χ1) is 13.9. The lowest BCUT2D eigenvalue weighted by atomic mass is 9.86. The molecule has 0 bridgehead atoms. The SMILES string of the molecule is CC#CC[C@@H](C)[C@@H](O)/C=C/[C@H]1[C@@H]2c3cccc(CCCC(=O)O)c3O[C@@H]2C[C@@H]1O. The Morgan fingerprint density at radius 3 is 2.93 bits per heavy atom. The second-order valence-electron chi connectivity index (χ2n) is 8.13. The van der Waals surface area contributed by atoms with Crippen molar-refractivity contribution in [3.05, 3.63) is 41.5 Å². The van der Waals surface area contributed by atoms with Gasteiger partial charge in [0.25, 0.3) is 0 Å². The van der Waals surface area contributed by atoms with Gasteiger partial charge < -0.3 is 20.1 Å². The standard InChI is InChI=1S/C24H30O5/c1-3-4-7-15(2)19(25)13-12-17-20(26)14-21-23(17)18-10-5-8-16(24(18)29-21)9-6-11-22(27)28/h5,8,10,12-13,15,17,19-21,23,25-26H,6-7,9,11,14H2,1-2H3,(H,27,28)/b13-12+/t15-,17-,19+,20+,21-,23-/m1/s1. The summed E-state index contributed by atoms with van der Waals surface area (Å²) >= 11 is 0. The van der Waals surface area contributed by atoms with Crippen LogP contribution in [0.1, 0.15) is 56.6 Å². The Hall–Kier alpha value is -2.29. The number of carboxylic acid groups (broad SMARTS) is 1. The quantitative estimate of drug-likeness (QED) is 0.462. The zero-order valence-corrected chi connectivity index (χ0v) is 17.0. The van der Waals surface area contributed by atoms with Gasteiger partial charge in [0.1, 0.15) is 11.9 Å². The number of aliphatic carboxylic acids is 1. The molecule has 156 valence electrons. The Bertz CT molecular complexity index is 818. The number of ether oxygens (including phenoxy) is 1. The first-order valence-corrected chi connectivity index (χ1v) is 10.4. The lowest BCUT2D eigenvalue weighted by Gasteiger charge is -2.19. The van der Waals surface area contributed by atoms with E-state index in [2.05, 4.69) is 11.8 Å². The minimum Gasteiger partial charge on any atom is -0.489 e. The highest BCUT2D eigenvalue weighted by molar-refractivity contribution is 5.66. The van der Waals surface area contributed by atoms with Crippen LogP contribution in [0, 0.1) is 23.7 Å². The average molecular weight is 398 g/mol. The number of fused-ring (bicyclic) bond motifs is 3. The van der Waals surface area contributed by atoms with Gasteiger partial charge in [-0.15, -0.1) is 11.8 Å². The van der Waals surface area contributed by atoms with E-state index < -0.39 is 18.2 Å². The lowest BCUT2D eigenvalue weighted by Crippen LogP contribution is -2.19. The number of carbonyl (C=O) groups is 1. The van der Waals surface area contributed by atoms with Crippen molar-refractivity contribution in [1.29, 1.82) is 0 Å². The molecule has 3 rings (SSSR count). The van der Waals surface area contributed by atoms with Crippen LogP contribution in [0.25, 0.3) is 0 Å². The van der Waals surface area contributed by atoms with E-state index in [-0.39, 0.29) is 30.3 Å². The van der Waals surface area contributed by atoms with Crippen LogP contribution < -0.4 is 4.74 Å². The molecule has 29 heavy (non-hydrogen) atoms. The van der Waals surface area contributed by atoms with E-state index in [1.807, 2.05) is 31.2 Å². The van der Waals surface area contributed by atoms with Crippen LogP contribution in [0.3, 0.4) is 0 Å². The van der Waals surface area contributed by atoms with Crippen molar-refractivity contribution in [1.82, 2.24) is 0 Å². The first kappa shape index (κ1) is 21.4. The van der Waals surface area contributed by atoms with E-state index in [1.165, 1.54) is 0 Å². The van der Waals surface area contributed by atoms with Crippen LogP contribution in [0.2, 0.25) is 0 Å². The summed E-state index contributed by atoms with van der Waals surface area (Å²) in [7, 11) is 0. The molecule has 2 aliphatic rings. The number of para-hydroxylation sites is 1. The molecule has 1 aliphatic heterocycles. The van der Waals surface area contributed by atoms with Gasteiger partial charge in [0, 0.05) is 36.7 Å². The molecule has 6 atom stereocenters. The second-order valence-corrected chi connectivity index (χ2v) is 8.13. The van der Waals surface area contributed by atoms with Gasteiger partial charge in [0.2, 0.25) is 0 Å². The third-order valence-corrected chi connectivity index (χ3v) is 6.04. The number of hydrogen-bond donors (Lipinski definition) is 3. The fourth-order valence-electron chi connectivity index (χ4n) is 4.41. The number of aliphatic hydroxyl groups excluding tert-OH is 2. The summed E-state index contributed by atoms with van der Waals surface area (Å²) < 4.78 is 6.21. The normalized spacial score (nSPS) is 26.9. The molecule has 5 nitrogen and oxygen atoms in total. The molecule has 0 unspecified atom stereocenters. The van der Waals surface area contributed by atoms with Crippen molar-refractivity contribution in [2.45, 2.75) is 70.2 Å². The number of hydrogen-bond acceptors (Lipinski definition) is 4. The van der Waals surface area contributed by atoms with E-state index in [4.69, 9.17) is 9.84 Å². The lowest BCUT2D eigenvalue weighted by molar-refractivity contribution is -0.137. The summed E-state index contributed by atoms with van der Waals surface area (Å²) in [6.45, 7) is 3.75. The van der Waals surface area contributed by atoms with E-state index in [9.17, 15) is 15.0 Å². The molecule has 5 heteroatoms. The molecule has 0 saturated heterocycles. The van der Waals surface area contributed by atoms with Gasteiger partial charge in [-0.25, -0.2) is 0 Å². The van der Waals surface area contributed by atoms with Gasteiger partial charge >= 0.3 is 5.97 Å². The zero-order valence-electron chi connectivity index (χ0n) is 17.0. The van der Waals surface area contributed by atoms with Gasteiger partial charge in [-0.1, -0.05) is 37.3 Å². The summed E-state index contributed by atoms with van der Waals surface area (Å²) in [5, 5.41) is 29.9. The Morgan fingerprint density at radius 1 is 1.41 bits per heavy atom. The van der Waals surface area contributed by atoms with Crippen LogP contribution >= 0.6 is 0 Å². The Morgan fingerprint density at radius 2 is 2.21 bits per heavy atom. The summed E-state index contributed by atoms with van der Waals surface area (Å²) in [5.41, 5.74) is 2.11. The first-order valence-electron chi connectivity index (χ1n) is 10.4. The Kier molecular flexibility index (Phi) is 7.00. The van der Waals surface area contributed by atoms with Crippen molar-refractivity contribution < 1.29 is 24.9 Å². The fourth-order valence-corrected chi connectivity index (χ4v) is 4.41. The number of aryl methyl sites for hydroxylation is 1. The van der Waals surface area contributed by atoms with Gasteiger partial charge in [0.15, 0.2) is 0 Å². The zero-order chi connectivity index (χ0) is 21.0. The van der Waals surface area contributed by atoms with Crippen molar-refractivity contribution in [2.75, 3.05) is 0 Å². The van der Waals surface area contributed by atoms with Crippen LogP contribution in [-0.2, 0) is 11.2 Å². The largest absolute Gasteiger partial charge is 0.489 e. The highest BCUT2D eigenvalue weighted by Crippen LogP contribution is 2.52. The Balaban J connectivity index is 1.75. The van der Waals surface area contributed by atoms with Crippen LogP contribution in [-0.4, -0.2) is 39.6 Å². The number of benzene rings is 1. The minimum atomic E-state index is -0.790. The van der Waals surface area contributed by atoms with Gasteiger partial charge in [0.05, 0.1) is 12.2 Å². The van der Waals surface area contributed by atoms with Crippen molar-refractivity contribution in [3.8, 4) is 17.6 Å². The maximum Gasteiger partial charge on any atom is 0.303 e. The number of carboxylic acids is 1. The van der Waals surface area contributed by atoms with Crippen molar-refractivity contribution in [2.24, 2.45) is 11.8 Å². The second kappa shape index (κ2) is 9.47. The fraction of sp³-hybridized carbons (Fsp3) is 0.542. The molecule has 1 aliphatic carbocycles. The third kappa shape index (κ3) is 4.83. The van der Waals surface area contributed by atoms with E-state index in [1.54, 1.807) is 13.0 Å². The smallest absolute Gasteiger partial charge is 0.303 e. The van der Waals surface area contributed by atoms with Gasteiger partial charge in [-0.3, -0.25) is 4.79 Å². The number of aliphatic hydroxyl groups is 2. The third-order valence-electron chi connectivity index (χ3n) is 6.04. The van der Waals surface area contributed by atoms with E-state index >= 15 is 0 Å². The highest BCUT2D eigenvalue weighted by Gasteiger charge is 2.48. The summed E-state index contributed by atoms with van der Waals surface area (Å²) in [5.74, 6) is 5.87. The van der Waals surface area contributed by atoms with Crippen LogP contribution in [0.15, 0.2) is 30.4 Å². The molecule has 3 N–H and O–H groups in total. The molecule has 1 fully saturated rings. The molecule has 0 amide bonds. The molecule has 0 radical (unpaired) electrons.